The molecule has 0 radical (unpaired) electrons. The van der Waals surface area contributed by atoms with Gasteiger partial charge < -0.3 is 25.1 Å². The summed E-state index contributed by atoms with van der Waals surface area (Å²) in [7, 11) is 1.73. The molecule has 4 rings (SSSR count). The van der Waals surface area contributed by atoms with Gasteiger partial charge in [-0.05, 0) is 43.5 Å². The van der Waals surface area contributed by atoms with Crippen molar-refractivity contribution in [3.63, 3.8) is 0 Å². The Morgan fingerprint density at radius 1 is 1.09 bits per heavy atom. The Labute approximate surface area is 188 Å². The fourth-order valence-corrected chi connectivity index (χ4v) is 3.90. The summed E-state index contributed by atoms with van der Waals surface area (Å²) in [6, 6.07) is 15.6. The number of benzene rings is 2. The third kappa shape index (κ3) is 5.29. The molecule has 1 saturated heterocycles. The Balaban J connectivity index is 1.30. The number of fused-ring (bicyclic) bond motifs is 1. The van der Waals surface area contributed by atoms with E-state index in [1.165, 1.54) is 0 Å². The molecular weight excluding hydrogens is 404 g/mol. The van der Waals surface area contributed by atoms with Gasteiger partial charge in [-0.2, -0.15) is 0 Å². The number of aliphatic imine (C=N–C) groups is 1. The number of furan rings is 1. The van der Waals surface area contributed by atoms with Gasteiger partial charge in [0.05, 0.1) is 12.6 Å². The lowest BCUT2D eigenvalue weighted by molar-refractivity contribution is 0.0857. The summed E-state index contributed by atoms with van der Waals surface area (Å²) >= 11 is 0. The molecule has 0 aliphatic carbocycles. The first-order valence-electron chi connectivity index (χ1n) is 11.0. The molecule has 1 aliphatic rings. The summed E-state index contributed by atoms with van der Waals surface area (Å²) in [5.74, 6) is 1.47. The van der Waals surface area contributed by atoms with Crippen LogP contribution >= 0.6 is 0 Å². The topological polar surface area (TPSA) is 87.9 Å². The van der Waals surface area contributed by atoms with Gasteiger partial charge in [0, 0.05) is 43.3 Å². The molecule has 1 amide bonds. The highest BCUT2D eigenvalue weighted by molar-refractivity contribution is 5.94. The van der Waals surface area contributed by atoms with Gasteiger partial charge >= 0.3 is 0 Å². The van der Waals surface area contributed by atoms with E-state index < -0.39 is 0 Å². The number of nitrogens with one attached hydrogen (secondary N) is 3. The van der Waals surface area contributed by atoms with Crippen LogP contribution in [0.2, 0.25) is 0 Å². The number of aryl methyl sites for hydroxylation is 1. The number of ether oxygens (including phenoxy) is 1. The van der Waals surface area contributed by atoms with E-state index in [0.717, 1.165) is 47.3 Å². The highest BCUT2D eigenvalue weighted by atomic mass is 16.5. The van der Waals surface area contributed by atoms with Gasteiger partial charge in [0.15, 0.2) is 5.96 Å². The third-order valence-corrected chi connectivity index (χ3v) is 5.75. The molecule has 3 N–H and O–H groups in total. The van der Waals surface area contributed by atoms with Gasteiger partial charge in [-0.25, -0.2) is 0 Å². The summed E-state index contributed by atoms with van der Waals surface area (Å²) < 4.78 is 11.5. The van der Waals surface area contributed by atoms with Crippen LogP contribution in [0.25, 0.3) is 11.0 Å². The van der Waals surface area contributed by atoms with Crippen LogP contribution in [0.15, 0.2) is 57.9 Å². The van der Waals surface area contributed by atoms with Gasteiger partial charge in [0.1, 0.15) is 11.3 Å². The van der Waals surface area contributed by atoms with Gasteiger partial charge in [-0.1, -0.05) is 30.3 Å². The summed E-state index contributed by atoms with van der Waals surface area (Å²) in [5, 5.41) is 10.7. The molecule has 168 valence electrons. The monoisotopic (exact) mass is 434 g/mol. The second kappa shape index (κ2) is 10.3. The van der Waals surface area contributed by atoms with Crippen molar-refractivity contribution >= 4 is 22.8 Å². The van der Waals surface area contributed by atoms with Crippen LogP contribution in [-0.4, -0.2) is 38.2 Å². The number of nitrogens with zero attached hydrogens (tertiary/aromatic N) is 1. The minimum absolute atomic E-state index is 0.0785. The molecular formula is C25H30N4O3. The zero-order valence-electron chi connectivity index (χ0n) is 18.6. The third-order valence-electron chi connectivity index (χ3n) is 5.75. The summed E-state index contributed by atoms with van der Waals surface area (Å²) in [4.78, 5) is 16.8. The summed E-state index contributed by atoms with van der Waals surface area (Å²) in [6.07, 6.45) is 2.20. The van der Waals surface area contributed by atoms with Crippen molar-refractivity contribution in [2.24, 2.45) is 4.99 Å². The van der Waals surface area contributed by atoms with Crippen LogP contribution in [0.3, 0.4) is 0 Å². The van der Waals surface area contributed by atoms with Crippen LogP contribution in [0.5, 0.6) is 0 Å². The summed E-state index contributed by atoms with van der Waals surface area (Å²) in [6.45, 7) is 4.48. The van der Waals surface area contributed by atoms with Crippen molar-refractivity contribution in [2.75, 3.05) is 20.2 Å². The second-order valence-electron chi connectivity index (χ2n) is 7.97. The zero-order valence-corrected chi connectivity index (χ0v) is 18.6. The molecule has 0 spiro atoms. The average Bonchev–Trinajstić information content (AvgIpc) is 3.46. The molecule has 0 saturated carbocycles. The van der Waals surface area contributed by atoms with Crippen LogP contribution in [0.1, 0.15) is 40.1 Å². The van der Waals surface area contributed by atoms with Crippen LogP contribution < -0.4 is 16.0 Å². The normalized spacial score (nSPS) is 16.3. The predicted molar refractivity (Wildman–Crippen MR) is 126 cm³/mol. The van der Waals surface area contributed by atoms with E-state index in [4.69, 9.17) is 9.15 Å². The molecule has 2 heterocycles. The molecule has 0 bridgehead atoms. The van der Waals surface area contributed by atoms with Crippen molar-refractivity contribution in [3.8, 4) is 0 Å². The molecule has 1 atom stereocenters. The highest BCUT2D eigenvalue weighted by Gasteiger charge is 2.17. The van der Waals surface area contributed by atoms with Crippen molar-refractivity contribution in [3.05, 3.63) is 71.0 Å². The van der Waals surface area contributed by atoms with Gasteiger partial charge in [-0.3, -0.25) is 9.79 Å². The first-order chi connectivity index (χ1) is 15.6. The van der Waals surface area contributed by atoms with Crippen molar-refractivity contribution in [1.82, 2.24) is 16.0 Å². The van der Waals surface area contributed by atoms with E-state index in [9.17, 15) is 4.79 Å². The number of carbonyl (C=O) groups excluding carboxylic acids is 1. The minimum atomic E-state index is -0.0785. The van der Waals surface area contributed by atoms with Gasteiger partial charge in [0.2, 0.25) is 0 Å². The largest absolute Gasteiger partial charge is 0.459 e. The smallest absolute Gasteiger partial charge is 0.251 e. The number of rotatable bonds is 7. The number of carbonyl (C=O) groups is 1. The second-order valence-corrected chi connectivity index (χ2v) is 7.97. The quantitative estimate of drug-likeness (QED) is 0.391. The Bertz CT molecular complexity index is 1100. The van der Waals surface area contributed by atoms with Gasteiger partial charge in [-0.15, -0.1) is 0 Å². The summed E-state index contributed by atoms with van der Waals surface area (Å²) in [5.41, 5.74) is 3.66. The lowest BCUT2D eigenvalue weighted by atomic mass is 10.1. The Hall–Kier alpha value is -3.32. The number of hydrogen-bond donors (Lipinski definition) is 3. The van der Waals surface area contributed by atoms with E-state index in [-0.39, 0.29) is 12.0 Å². The van der Waals surface area contributed by atoms with Gasteiger partial charge in [0.25, 0.3) is 5.91 Å². The maximum Gasteiger partial charge on any atom is 0.251 e. The highest BCUT2D eigenvalue weighted by Crippen LogP contribution is 2.24. The molecule has 1 unspecified atom stereocenters. The Morgan fingerprint density at radius 2 is 1.94 bits per heavy atom. The Morgan fingerprint density at radius 3 is 2.72 bits per heavy atom. The maximum atomic E-state index is 12.5. The average molecular weight is 435 g/mol. The van der Waals surface area contributed by atoms with Crippen molar-refractivity contribution < 1.29 is 13.9 Å². The molecule has 3 aromatic rings. The molecule has 2 aromatic carbocycles. The predicted octanol–water partition coefficient (Wildman–Crippen LogP) is 3.52. The number of hydrogen-bond acceptors (Lipinski definition) is 4. The lowest BCUT2D eigenvalue weighted by Gasteiger charge is -2.13. The lowest BCUT2D eigenvalue weighted by Crippen LogP contribution is -2.36. The molecule has 1 aromatic heterocycles. The number of amides is 1. The fraction of sp³-hybridized carbons (Fsp3) is 0.360. The number of guanidine groups is 1. The number of para-hydroxylation sites is 1. The van der Waals surface area contributed by atoms with E-state index in [2.05, 4.69) is 33.9 Å². The van der Waals surface area contributed by atoms with Crippen LogP contribution in [0.4, 0.5) is 0 Å². The van der Waals surface area contributed by atoms with E-state index in [0.29, 0.717) is 31.2 Å². The molecule has 7 heteroatoms. The first kappa shape index (κ1) is 21.9. The maximum absolute atomic E-state index is 12.5. The van der Waals surface area contributed by atoms with E-state index in [1.54, 1.807) is 7.05 Å². The first-order valence-corrected chi connectivity index (χ1v) is 11.0. The molecule has 32 heavy (non-hydrogen) atoms. The van der Waals surface area contributed by atoms with E-state index >= 15 is 0 Å². The zero-order chi connectivity index (χ0) is 22.3. The standard InChI is InChI=1S/C25H30N4O3/c1-17-21-10-3-4-11-22(21)32-23(17)16-29-25(26-2)28-14-18-7-5-8-19(13-18)24(30)27-15-20-9-6-12-31-20/h3-5,7-8,10-11,13,20H,6,9,12,14-16H2,1-2H3,(H,27,30)(H2,26,28,29). The van der Waals surface area contributed by atoms with Crippen LogP contribution in [-0.2, 0) is 17.8 Å². The van der Waals surface area contributed by atoms with Crippen molar-refractivity contribution in [1.29, 1.82) is 0 Å². The Kier molecular flexibility index (Phi) is 7.07. The molecule has 7 nitrogen and oxygen atoms in total. The van der Waals surface area contributed by atoms with Crippen molar-refractivity contribution in [2.45, 2.75) is 39.0 Å². The fourth-order valence-electron chi connectivity index (χ4n) is 3.90. The molecule has 1 aliphatic heterocycles. The van der Waals surface area contributed by atoms with Crippen LogP contribution in [0, 0.1) is 6.92 Å². The SMILES string of the molecule is CN=C(NCc1cccc(C(=O)NCC2CCCO2)c1)NCc1oc2ccccc2c1C. The molecule has 1 fully saturated rings. The minimum Gasteiger partial charge on any atom is -0.459 e. The van der Waals surface area contributed by atoms with E-state index in [1.807, 2.05) is 42.5 Å².